The van der Waals surface area contributed by atoms with Crippen LogP contribution in [0, 0.1) is 19.8 Å². The van der Waals surface area contributed by atoms with Crippen LogP contribution >= 0.6 is 11.6 Å². The Hall–Kier alpha value is -2.25. The maximum atomic E-state index is 12.8. The molecule has 4 nitrogen and oxygen atoms in total. The van der Waals surface area contributed by atoms with Crippen LogP contribution in [-0.4, -0.2) is 29.1 Å². The Bertz CT molecular complexity index is 901. The van der Waals surface area contributed by atoms with Crippen molar-refractivity contribution < 1.29 is 27.8 Å². The van der Waals surface area contributed by atoms with Crippen LogP contribution in [0.15, 0.2) is 30.3 Å². The van der Waals surface area contributed by atoms with E-state index in [1.165, 1.54) is 12.1 Å². The first kappa shape index (κ1) is 21.5. The molecule has 156 valence electrons. The standard InChI is InChI=1S/C21H21ClF3NO3/c1-12-5-15(8-26-9-16(10-26)20(27)28)6-13(2)19(12)29-11-14-3-4-17(18(22)7-14)21(23,24)25/h3-7,16H,8-11H2,1-2H3,(H,27,28). The van der Waals surface area contributed by atoms with E-state index >= 15 is 0 Å². The Balaban J connectivity index is 1.64. The lowest BCUT2D eigenvalue weighted by Gasteiger charge is -2.36. The number of carbonyl (C=O) groups is 1. The number of rotatable bonds is 6. The van der Waals surface area contributed by atoms with Crippen molar-refractivity contribution in [1.82, 2.24) is 4.90 Å². The number of benzene rings is 2. The molecule has 0 atom stereocenters. The molecule has 1 aliphatic heterocycles. The Morgan fingerprint density at radius 2 is 1.79 bits per heavy atom. The minimum Gasteiger partial charge on any atom is -0.488 e. The molecule has 1 saturated heterocycles. The molecule has 8 heteroatoms. The predicted molar refractivity (Wildman–Crippen MR) is 103 cm³/mol. The second kappa shape index (κ2) is 8.24. The second-order valence-corrected chi connectivity index (χ2v) is 7.80. The van der Waals surface area contributed by atoms with E-state index in [2.05, 4.69) is 4.90 Å². The van der Waals surface area contributed by atoms with Gasteiger partial charge in [-0.25, -0.2) is 0 Å². The Morgan fingerprint density at radius 3 is 2.31 bits per heavy atom. The van der Waals surface area contributed by atoms with E-state index in [9.17, 15) is 18.0 Å². The van der Waals surface area contributed by atoms with Gasteiger partial charge in [0.2, 0.25) is 0 Å². The number of halogens is 4. The summed E-state index contributed by atoms with van der Waals surface area (Å²) in [7, 11) is 0. The number of carboxylic acid groups (broad SMARTS) is 1. The predicted octanol–water partition coefficient (Wildman–Crippen LogP) is 5.07. The largest absolute Gasteiger partial charge is 0.488 e. The summed E-state index contributed by atoms with van der Waals surface area (Å²) < 4.78 is 44.3. The van der Waals surface area contributed by atoms with Crippen LogP contribution in [0.2, 0.25) is 5.02 Å². The number of aryl methyl sites for hydroxylation is 2. The van der Waals surface area contributed by atoms with E-state index in [0.717, 1.165) is 22.8 Å². The van der Waals surface area contributed by atoms with Crippen molar-refractivity contribution in [3.8, 4) is 5.75 Å². The fraction of sp³-hybridized carbons (Fsp3) is 0.381. The summed E-state index contributed by atoms with van der Waals surface area (Å²) in [6, 6.07) is 7.55. The van der Waals surface area contributed by atoms with Crippen LogP contribution < -0.4 is 4.74 Å². The molecular formula is C21H21ClF3NO3. The van der Waals surface area contributed by atoms with Gasteiger partial charge in [-0.2, -0.15) is 13.2 Å². The molecule has 2 aromatic carbocycles. The van der Waals surface area contributed by atoms with E-state index < -0.39 is 17.7 Å². The Labute approximate surface area is 171 Å². The highest BCUT2D eigenvalue weighted by Gasteiger charge is 2.33. The van der Waals surface area contributed by atoms with E-state index in [1.807, 2.05) is 26.0 Å². The van der Waals surface area contributed by atoms with Crippen molar-refractivity contribution in [2.24, 2.45) is 5.92 Å². The van der Waals surface area contributed by atoms with Gasteiger partial charge in [-0.05, 0) is 48.2 Å². The molecule has 0 saturated carbocycles. The van der Waals surface area contributed by atoms with E-state index in [-0.39, 0.29) is 17.5 Å². The number of nitrogens with zero attached hydrogens (tertiary/aromatic N) is 1. The Kier molecular flexibility index (Phi) is 6.10. The van der Waals surface area contributed by atoms with E-state index in [1.54, 1.807) is 0 Å². The molecule has 0 unspecified atom stereocenters. The molecule has 0 aliphatic carbocycles. The van der Waals surface area contributed by atoms with Crippen LogP contribution in [-0.2, 0) is 24.1 Å². The average molecular weight is 428 g/mol. The highest BCUT2D eigenvalue weighted by atomic mass is 35.5. The zero-order valence-electron chi connectivity index (χ0n) is 16.0. The van der Waals surface area contributed by atoms with Gasteiger partial charge in [0, 0.05) is 19.6 Å². The monoisotopic (exact) mass is 427 g/mol. The molecule has 0 bridgehead atoms. The summed E-state index contributed by atoms with van der Waals surface area (Å²) in [6.45, 7) is 5.66. The van der Waals surface area contributed by atoms with Gasteiger partial charge in [0.15, 0.2) is 0 Å². The molecule has 0 aromatic heterocycles. The third-order valence-corrected chi connectivity index (χ3v) is 5.27. The number of likely N-dealkylation sites (tertiary alicyclic amines) is 1. The summed E-state index contributed by atoms with van der Waals surface area (Å²) in [5.74, 6) is -0.382. The molecular weight excluding hydrogens is 407 g/mol. The van der Waals surface area contributed by atoms with Crippen LogP contribution in [0.4, 0.5) is 13.2 Å². The van der Waals surface area contributed by atoms with Crippen molar-refractivity contribution in [1.29, 1.82) is 0 Å². The summed E-state index contributed by atoms with van der Waals surface area (Å²) in [4.78, 5) is 13.0. The Morgan fingerprint density at radius 1 is 1.17 bits per heavy atom. The normalized spacial score (nSPS) is 15.2. The number of alkyl halides is 3. The summed E-state index contributed by atoms with van der Waals surface area (Å²) in [5.41, 5.74) is 2.57. The summed E-state index contributed by atoms with van der Waals surface area (Å²) in [5, 5.41) is 8.61. The molecule has 29 heavy (non-hydrogen) atoms. The first-order chi connectivity index (χ1) is 13.5. The third kappa shape index (κ3) is 5.03. The molecule has 2 aromatic rings. The van der Waals surface area contributed by atoms with Crippen molar-refractivity contribution >= 4 is 17.6 Å². The van der Waals surface area contributed by atoms with Gasteiger partial charge in [0.05, 0.1) is 16.5 Å². The van der Waals surface area contributed by atoms with Gasteiger partial charge < -0.3 is 9.84 Å². The SMILES string of the molecule is Cc1cc(CN2CC(C(=O)O)C2)cc(C)c1OCc1ccc(C(F)(F)F)c(Cl)c1. The average Bonchev–Trinajstić information content (AvgIpc) is 2.55. The lowest BCUT2D eigenvalue weighted by atomic mass is 9.98. The van der Waals surface area contributed by atoms with Crippen molar-refractivity contribution in [2.75, 3.05) is 13.1 Å². The van der Waals surface area contributed by atoms with Gasteiger partial charge in [-0.1, -0.05) is 29.8 Å². The summed E-state index contributed by atoms with van der Waals surface area (Å²) in [6.07, 6.45) is -4.49. The topological polar surface area (TPSA) is 49.8 Å². The molecule has 0 spiro atoms. The number of aliphatic carboxylic acids is 1. The fourth-order valence-corrected chi connectivity index (χ4v) is 3.82. The number of hydrogen-bond acceptors (Lipinski definition) is 3. The molecule has 1 heterocycles. The molecule has 1 aliphatic rings. The van der Waals surface area contributed by atoms with Gasteiger partial charge in [0.25, 0.3) is 0 Å². The van der Waals surface area contributed by atoms with Crippen LogP contribution in [0.5, 0.6) is 5.75 Å². The minimum absolute atomic E-state index is 0.102. The highest BCUT2D eigenvalue weighted by Crippen LogP contribution is 2.35. The number of carboxylic acids is 1. The number of hydrogen-bond donors (Lipinski definition) is 1. The lowest BCUT2D eigenvalue weighted by Crippen LogP contribution is -2.49. The number of ether oxygens (including phenoxy) is 1. The van der Waals surface area contributed by atoms with Crippen molar-refractivity contribution in [3.63, 3.8) is 0 Å². The lowest BCUT2D eigenvalue weighted by molar-refractivity contribution is -0.147. The molecule has 0 amide bonds. The highest BCUT2D eigenvalue weighted by molar-refractivity contribution is 6.31. The van der Waals surface area contributed by atoms with Crippen molar-refractivity contribution in [3.05, 3.63) is 63.2 Å². The van der Waals surface area contributed by atoms with Gasteiger partial charge in [0.1, 0.15) is 12.4 Å². The van der Waals surface area contributed by atoms with Crippen LogP contribution in [0.1, 0.15) is 27.8 Å². The first-order valence-corrected chi connectivity index (χ1v) is 9.46. The van der Waals surface area contributed by atoms with E-state index in [0.29, 0.717) is 30.9 Å². The second-order valence-electron chi connectivity index (χ2n) is 7.39. The minimum atomic E-state index is -4.49. The maximum absolute atomic E-state index is 12.8. The molecule has 0 radical (unpaired) electrons. The zero-order valence-corrected chi connectivity index (χ0v) is 16.8. The molecule has 1 fully saturated rings. The van der Waals surface area contributed by atoms with E-state index in [4.69, 9.17) is 21.4 Å². The van der Waals surface area contributed by atoms with Gasteiger partial charge in [-0.3, -0.25) is 9.69 Å². The quantitative estimate of drug-likeness (QED) is 0.699. The smallest absolute Gasteiger partial charge is 0.417 e. The third-order valence-electron chi connectivity index (χ3n) is 4.95. The maximum Gasteiger partial charge on any atom is 0.417 e. The van der Waals surface area contributed by atoms with Crippen LogP contribution in [0.3, 0.4) is 0 Å². The van der Waals surface area contributed by atoms with Crippen LogP contribution in [0.25, 0.3) is 0 Å². The van der Waals surface area contributed by atoms with Gasteiger partial charge in [-0.15, -0.1) is 0 Å². The first-order valence-electron chi connectivity index (χ1n) is 9.08. The molecule has 3 rings (SSSR count). The van der Waals surface area contributed by atoms with Crippen molar-refractivity contribution in [2.45, 2.75) is 33.2 Å². The summed E-state index contributed by atoms with van der Waals surface area (Å²) >= 11 is 5.76. The fourth-order valence-electron chi connectivity index (χ4n) is 3.51. The molecule has 1 N–H and O–H groups in total. The van der Waals surface area contributed by atoms with Gasteiger partial charge >= 0.3 is 12.1 Å². The zero-order chi connectivity index (χ0) is 21.3.